The van der Waals surface area contributed by atoms with Crippen molar-refractivity contribution in [3.05, 3.63) is 93.3 Å². The summed E-state index contributed by atoms with van der Waals surface area (Å²) < 4.78 is 7.19. The second-order valence-corrected chi connectivity index (χ2v) is 6.25. The quantitative estimate of drug-likeness (QED) is 0.663. The standard InChI is InChI=1S/C20H19ClN2O3/c1-2-22(13-15-7-3-4-8-17(15)21)20(25)18-11-10-16(26-18)14-23-12-6-5-9-19(23)24/h3-12H,2,13-14H2,1H3. The number of rotatable bonds is 6. The fourth-order valence-electron chi connectivity index (χ4n) is 2.65. The molecule has 0 N–H and O–H groups in total. The van der Waals surface area contributed by atoms with Crippen LogP contribution in [0.1, 0.15) is 28.8 Å². The molecule has 2 aromatic heterocycles. The number of hydrogen-bond acceptors (Lipinski definition) is 3. The molecule has 1 aromatic carbocycles. The highest BCUT2D eigenvalue weighted by Crippen LogP contribution is 2.19. The number of carbonyl (C=O) groups is 1. The lowest BCUT2D eigenvalue weighted by molar-refractivity contribution is 0.0718. The van der Waals surface area contributed by atoms with Crippen molar-refractivity contribution < 1.29 is 9.21 Å². The van der Waals surface area contributed by atoms with E-state index in [0.717, 1.165) is 5.56 Å². The van der Waals surface area contributed by atoms with Gasteiger partial charge in [-0.15, -0.1) is 0 Å². The Hall–Kier alpha value is -2.79. The van der Waals surface area contributed by atoms with Gasteiger partial charge in [0.15, 0.2) is 5.76 Å². The Bertz CT molecular complexity index is 961. The Morgan fingerprint density at radius 3 is 2.62 bits per heavy atom. The summed E-state index contributed by atoms with van der Waals surface area (Å²) in [4.78, 5) is 26.2. The molecule has 0 bridgehead atoms. The highest BCUT2D eigenvalue weighted by atomic mass is 35.5. The largest absolute Gasteiger partial charge is 0.454 e. The highest BCUT2D eigenvalue weighted by Gasteiger charge is 2.19. The number of aromatic nitrogens is 1. The van der Waals surface area contributed by atoms with Crippen LogP contribution in [-0.2, 0) is 13.1 Å². The average Bonchev–Trinajstić information content (AvgIpc) is 3.11. The number of amides is 1. The minimum absolute atomic E-state index is 0.120. The van der Waals surface area contributed by atoms with Gasteiger partial charge in [0.05, 0.1) is 6.54 Å². The third-order valence-corrected chi connectivity index (χ3v) is 4.45. The van der Waals surface area contributed by atoms with E-state index in [1.807, 2.05) is 25.1 Å². The van der Waals surface area contributed by atoms with Crippen LogP contribution in [-0.4, -0.2) is 21.9 Å². The summed E-state index contributed by atoms with van der Waals surface area (Å²) in [5.74, 6) is 0.590. The Kier molecular flexibility index (Phi) is 5.58. The van der Waals surface area contributed by atoms with Gasteiger partial charge < -0.3 is 13.9 Å². The van der Waals surface area contributed by atoms with Gasteiger partial charge in [-0.1, -0.05) is 35.9 Å². The van der Waals surface area contributed by atoms with Crippen molar-refractivity contribution in [1.29, 1.82) is 0 Å². The summed E-state index contributed by atoms with van der Waals surface area (Å²) in [6.45, 7) is 3.12. The minimum atomic E-state index is -0.209. The summed E-state index contributed by atoms with van der Waals surface area (Å²) in [5, 5.41) is 0.627. The van der Waals surface area contributed by atoms with Crippen LogP contribution in [0.5, 0.6) is 0 Å². The fraction of sp³-hybridized carbons (Fsp3) is 0.200. The SMILES string of the molecule is CCN(Cc1ccccc1Cl)C(=O)c1ccc(Cn2ccccc2=O)o1. The van der Waals surface area contributed by atoms with Crippen molar-refractivity contribution in [1.82, 2.24) is 9.47 Å². The van der Waals surface area contributed by atoms with Crippen LogP contribution in [0, 0.1) is 0 Å². The van der Waals surface area contributed by atoms with E-state index in [2.05, 4.69) is 0 Å². The molecule has 0 aliphatic heterocycles. The molecule has 6 heteroatoms. The molecule has 0 spiro atoms. The van der Waals surface area contributed by atoms with E-state index in [-0.39, 0.29) is 23.8 Å². The molecule has 1 amide bonds. The first-order chi connectivity index (χ1) is 12.6. The lowest BCUT2D eigenvalue weighted by Gasteiger charge is -2.20. The second kappa shape index (κ2) is 8.06. The van der Waals surface area contributed by atoms with Gasteiger partial charge in [-0.05, 0) is 36.8 Å². The molecule has 0 unspecified atom stereocenters. The number of halogens is 1. The predicted octanol–water partition coefficient (Wildman–Crippen LogP) is 3.81. The molecule has 5 nitrogen and oxygen atoms in total. The van der Waals surface area contributed by atoms with Crippen molar-refractivity contribution in [2.45, 2.75) is 20.0 Å². The average molecular weight is 371 g/mol. The number of pyridine rings is 1. The second-order valence-electron chi connectivity index (χ2n) is 5.84. The van der Waals surface area contributed by atoms with Gasteiger partial charge in [0.2, 0.25) is 0 Å². The van der Waals surface area contributed by atoms with E-state index in [1.54, 1.807) is 41.4 Å². The van der Waals surface area contributed by atoms with E-state index < -0.39 is 0 Å². The Morgan fingerprint density at radius 1 is 1.12 bits per heavy atom. The van der Waals surface area contributed by atoms with Crippen molar-refractivity contribution in [3.63, 3.8) is 0 Å². The first-order valence-corrected chi connectivity index (χ1v) is 8.73. The molecular formula is C20H19ClN2O3. The number of benzene rings is 1. The van der Waals surface area contributed by atoms with Gasteiger partial charge in [-0.25, -0.2) is 0 Å². The zero-order valence-corrected chi connectivity index (χ0v) is 15.1. The maximum atomic E-state index is 12.7. The van der Waals surface area contributed by atoms with Crippen molar-refractivity contribution in [3.8, 4) is 0 Å². The van der Waals surface area contributed by atoms with Crippen LogP contribution in [0.4, 0.5) is 0 Å². The lowest BCUT2D eigenvalue weighted by Crippen LogP contribution is -2.30. The predicted molar refractivity (Wildman–Crippen MR) is 100 cm³/mol. The molecule has 0 aliphatic carbocycles. The zero-order valence-electron chi connectivity index (χ0n) is 14.4. The van der Waals surface area contributed by atoms with Crippen molar-refractivity contribution >= 4 is 17.5 Å². The zero-order chi connectivity index (χ0) is 18.5. The number of hydrogen-bond donors (Lipinski definition) is 0. The van der Waals surface area contributed by atoms with E-state index in [1.165, 1.54) is 10.6 Å². The number of carbonyl (C=O) groups excluding carboxylic acids is 1. The first kappa shape index (κ1) is 18.0. The van der Waals surface area contributed by atoms with E-state index in [9.17, 15) is 9.59 Å². The van der Waals surface area contributed by atoms with Crippen molar-refractivity contribution in [2.75, 3.05) is 6.54 Å². The monoisotopic (exact) mass is 370 g/mol. The molecule has 0 fully saturated rings. The van der Waals surface area contributed by atoms with Crippen LogP contribution in [0.25, 0.3) is 0 Å². The Morgan fingerprint density at radius 2 is 1.88 bits per heavy atom. The molecular weight excluding hydrogens is 352 g/mol. The maximum absolute atomic E-state index is 12.7. The molecule has 134 valence electrons. The van der Waals surface area contributed by atoms with Crippen LogP contribution in [0.15, 0.2) is 70.0 Å². The number of nitrogens with zero attached hydrogens (tertiary/aromatic N) is 2. The van der Waals surface area contributed by atoms with E-state index >= 15 is 0 Å². The molecule has 26 heavy (non-hydrogen) atoms. The summed E-state index contributed by atoms with van der Waals surface area (Å²) >= 11 is 6.19. The van der Waals surface area contributed by atoms with Crippen LogP contribution >= 0.6 is 11.6 Å². The Labute approximate surface area is 156 Å². The smallest absolute Gasteiger partial charge is 0.289 e. The first-order valence-electron chi connectivity index (χ1n) is 8.35. The molecule has 2 heterocycles. The molecule has 3 aromatic rings. The highest BCUT2D eigenvalue weighted by molar-refractivity contribution is 6.31. The Balaban J connectivity index is 1.75. The van der Waals surface area contributed by atoms with Gasteiger partial charge in [0, 0.05) is 30.4 Å². The topological polar surface area (TPSA) is 55.5 Å². The van der Waals surface area contributed by atoms with Crippen LogP contribution in [0.3, 0.4) is 0 Å². The molecule has 0 aliphatic rings. The maximum Gasteiger partial charge on any atom is 0.289 e. The molecule has 3 rings (SSSR count). The normalized spacial score (nSPS) is 10.7. The van der Waals surface area contributed by atoms with Gasteiger partial charge in [-0.3, -0.25) is 9.59 Å². The third kappa shape index (κ3) is 4.06. The molecule has 0 atom stereocenters. The summed E-state index contributed by atoms with van der Waals surface area (Å²) in [7, 11) is 0. The molecule has 0 saturated carbocycles. The molecule has 0 radical (unpaired) electrons. The van der Waals surface area contributed by atoms with E-state index in [4.69, 9.17) is 16.0 Å². The van der Waals surface area contributed by atoms with Crippen molar-refractivity contribution in [2.24, 2.45) is 0 Å². The fourth-order valence-corrected chi connectivity index (χ4v) is 2.85. The summed E-state index contributed by atoms with van der Waals surface area (Å²) in [5.41, 5.74) is 0.762. The molecule has 0 saturated heterocycles. The van der Waals surface area contributed by atoms with Gasteiger partial charge in [0.1, 0.15) is 5.76 Å². The van der Waals surface area contributed by atoms with Gasteiger partial charge >= 0.3 is 0 Å². The van der Waals surface area contributed by atoms with Crippen LogP contribution in [0.2, 0.25) is 5.02 Å². The number of furan rings is 1. The minimum Gasteiger partial charge on any atom is -0.454 e. The lowest BCUT2D eigenvalue weighted by atomic mass is 10.2. The van der Waals surface area contributed by atoms with E-state index in [0.29, 0.717) is 23.9 Å². The third-order valence-electron chi connectivity index (χ3n) is 4.09. The van der Waals surface area contributed by atoms with Crippen LogP contribution < -0.4 is 5.56 Å². The summed E-state index contributed by atoms with van der Waals surface area (Å²) in [6.07, 6.45) is 1.68. The van der Waals surface area contributed by atoms with Gasteiger partial charge in [0.25, 0.3) is 11.5 Å². The summed E-state index contributed by atoms with van der Waals surface area (Å²) in [6, 6.07) is 15.7. The van der Waals surface area contributed by atoms with Gasteiger partial charge in [-0.2, -0.15) is 0 Å².